The third kappa shape index (κ3) is 4.28. The second kappa shape index (κ2) is 8.66. The standard InChI is InChI=1S/C22H21BrN2O4/c1-4-28-19-9-15(11-24)8-17(23)21(19)29-22(27)16-10-20(26)25(12-16)18-7-5-6-13(2)14(18)3/h5-9,16H,4,10,12H2,1-3H3. The Kier molecular flexibility index (Phi) is 6.23. The first kappa shape index (κ1) is 20.9. The van der Waals surface area contributed by atoms with E-state index in [2.05, 4.69) is 15.9 Å². The number of nitriles is 1. The Morgan fingerprint density at radius 1 is 1.34 bits per heavy atom. The van der Waals surface area contributed by atoms with Crippen molar-refractivity contribution in [3.8, 4) is 17.6 Å². The van der Waals surface area contributed by atoms with Crippen LogP contribution in [0.5, 0.6) is 11.5 Å². The van der Waals surface area contributed by atoms with Crippen LogP contribution in [0.2, 0.25) is 0 Å². The van der Waals surface area contributed by atoms with Crippen molar-refractivity contribution >= 4 is 33.5 Å². The van der Waals surface area contributed by atoms with Gasteiger partial charge in [0.25, 0.3) is 0 Å². The summed E-state index contributed by atoms with van der Waals surface area (Å²) >= 11 is 3.34. The summed E-state index contributed by atoms with van der Waals surface area (Å²) in [6.07, 6.45) is 0.0874. The van der Waals surface area contributed by atoms with E-state index in [9.17, 15) is 9.59 Å². The molecular weight excluding hydrogens is 436 g/mol. The number of anilines is 1. The van der Waals surface area contributed by atoms with Crippen molar-refractivity contribution in [1.29, 1.82) is 5.26 Å². The molecule has 2 aromatic carbocycles. The van der Waals surface area contributed by atoms with Crippen LogP contribution >= 0.6 is 15.9 Å². The third-order valence-corrected chi connectivity index (χ3v) is 5.56. The number of hydrogen-bond donors (Lipinski definition) is 0. The molecule has 6 nitrogen and oxygen atoms in total. The first-order valence-electron chi connectivity index (χ1n) is 9.30. The molecule has 0 radical (unpaired) electrons. The number of carbonyl (C=O) groups excluding carboxylic acids is 2. The van der Waals surface area contributed by atoms with Crippen LogP contribution in [0.25, 0.3) is 0 Å². The van der Waals surface area contributed by atoms with Crippen molar-refractivity contribution in [2.45, 2.75) is 27.2 Å². The number of hydrogen-bond acceptors (Lipinski definition) is 5. The summed E-state index contributed by atoms with van der Waals surface area (Å²) in [5.41, 5.74) is 3.31. The van der Waals surface area contributed by atoms with Gasteiger partial charge in [0.2, 0.25) is 5.91 Å². The zero-order chi connectivity index (χ0) is 21.1. The molecule has 1 unspecified atom stereocenters. The lowest BCUT2D eigenvalue weighted by atomic mass is 10.1. The maximum Gasteiger partial charge on any atom is 0.316 e. The fraction of sp³-hybridized carbons (Fsp3) is 0.318. The van der Waals surface area contributed by atoms with Crippen LogP contribution in [0.4, 0.5) is 5.69 Å². The van der Waals surface area contributed by atoms with E-state index in [4.69, 9.17) is 14.7 Å². The highest BCUT2D eigenvalue weighted by molar-refractivity contribution is 9.10. The van der Waals surface area contributed by atoms with Crippen molar-refractivity contribution in [2.24, 2.45) is 5.92 Å². The lowest BCUT2D eigenvalue weighted by Crippen LogP contribution is -2.28. The topological polar surface area (TPSA) is 79.6 Å². The van der Waals surface area contributed by atoms with Crippen LogP contribution in [-0.4, -0.2) is 25.0 Å². The molecule has 29 heavy (non-hydrogen) atoms. The highest BCUT2D eigenvalue weighted by atomic mass is 79.9. The number of aryl methyl sites for hydroxylation is 1. The maximum atomic E-state index is 12.8. The Labute approximate surface area is 178 Å². The van der Waals surface area contributed by atoms with Crippen LogP contribution in [0.15, 0.2) is 34.8 Å². The number of benzene rings is 2. The molecule has 2 aromatic rings. The van der Waals surface area contributed by atoms with Gasteiger partial charge >= 0.3 is 5.97 Å². The summed E-state index contributed by atoms with van der Waals surface area (Å²) in [5, 5.41) is 9.13. The number of halogens is 1. The van der Waals surface area contributed by atoms with Gasteiger partial charge in [0, 0.05) is 24.7 Å². The predicted molar refractivity (Wildman–Crippen MR) is 112 cm³/mol. The molecule has 0 aromatic heterocycles. The monoisotopic (exact) mass is 456 g/mol. The molecule has 0 saturated carbocycles. The highest BCUT2D eigenvalue weighted by Gasteiger charge is 2.37. The van der Waals surface area contributed by atoms with E-state index in [-0.39, 0.29) is 24.6 Å². The van der Waals surface area contributed by atoms with E-state index in [1.54, 1.807) is 17.9 Å². The van der Waals surface area contributed by atoms with Gasteiger partial charge in [-0.05, 0) is 60.0 Å². The van der Waals surface area contributed by atoms with Crippen LogP contribution in [-0.2, 0) is 9.59 Å². The molecule has 150 valence electrons. The maximum absolute atomic E-state index is 12.8. The van der Waals surface area contributed by atoms with Gasteiger partial charge in [0.1, 0.15) is 0 Å². The van der Waals surface area contributed by atoms with Crippen molar-refractivity contribution in [1.82, 2.24) is 0 Å². The van der Waals surface area contributed by atoms with Gasteiger partial charge in [-0.25, -0.2) is 0 Å². The molecule has 1 saturated heterocycles. The Balaban J connectivity index is 1.82. The molecule has 1 atom stereocenters. The smallest absolute Gasteiger partial charge is 0.316 e. The van der Waals surface area contributed by atoms with Crippen molar-refractivity contribution < 1.29 is 19.1 Å². The minimum Gasteiger partial charge on any atom is -0.490 e. The molecule has 1 aliphatic heterocycles. The minimum absolute atomic E-state index is 0.0874. The van der Waals surface area contributed by atoms with E-state index in [1.165, 1.54) is 6.07 Å². The third-order valence-electron chi connectivity index (χ3n) is 4.97. The van der Waals surface area contributed by atoms with Gasteiger partial charge in [0.05, 0.1) is 28.6 Å². The minimum atomic E-state index is -0.584. The van der Waals surface area contributed by atoms with Gasteiger partial charge in [-0.3, -0.25) is 9.59 Å². The SMILES string of the molecule is CCOc1cc(C#N)cc(Br)c1OC(=O)C1CC(=O)N(c2cccc(C)c2C)C1. The average molecular weight is 457 g/mol. The fourth-order valence-electron chi connectivity index (χ4n) is 3.30. The molecule has 1 heterocycles. The van der Waals surface area contributed by atoms with Gasteiger partial charge in [-0.1, -0.05) is 12.1 Å². The van der Waals surface area contributed by atoms with Crippen molar-refractivity contribution in [2.75, 3.05) is 18.1 Å². The predicted octanol–water partition coefficient (Wildman–Crippen LogP) is 4.29. The fourth-order valence-corrected chi connectivity index (χ4v) is 3.83. The van der Waals surface area contributed by atoms with Crippen LogP contribution in [0.1, 0.15) is 30.0 Å². The second-order valence-electron chi connectivity index (χ2n) is 6.88. The summed E-state index contributed by atoms with van der Waals surface area (Å²) in [7, 11) is 0. The largest absolute Gasteiger partial charge is 0.490 e. The summed E-state index contributed by atoms with van der Waals surface area (Å²) in [6.45, 7) is 6.37. The molecule has 0 bridgehead atoms. The average Bonchev–Trinajstić information content (AvgIpc) is 3.08. The van der Waals surface area contributed by atoms with Gasteiger partial charge in [-0.2, -0.15) is 5.26 Å². The Morgan fingerprint density at radius 3 is 2.79 bits per heavy atom. The molecule has 0 spiro atoms. The number of nitrogens with zero attached hydrogens (tertiary/aromatic N) is 2. The highest BCUT2D eigenvalue weighted by Crippen LogP contribution is 2.38. The number of rotatable bonds is 5. The van der Waals surface area contributed by atoms with E-state index < -0.39 is 11.9 Å². The van der Waals surface area contributed by atoms with Crippen LogP contribution in [0.3, 0.4) is 0 Å². The lowest BCUT2D eigenvalue weighted by Gasteiger charge is -2.20. The van der Waals surface area contributed by atoms with Crippen LogP contribution < -0.4 is 14.4 Å². The summed E-state index contributed by atoms with van der Waals surface area (Å²) in [5.74, 6) is -0.669. The molecule has 1 amide bonds. The summed E-state index contributed by atoms with van der Waals surface area (Å²) < 4.78 is 11.6. The first-order valence-corrected chi connectivity index (χ1v) is 10.1. The van der Waals surface area contributed by atoms with E-state index >= 15 is 0 Å². The molecular formula is C22H21BrN2O4. The van der Waals surface area contributed by atoms with Crippen molar-refractivity contribution in [3.05, 3.63) is 51.5 Å². The Bertz CT molecular complexity index is 1010. The zero-order valence-corrected chi connectivity index (χ0v) is 18.1. The van der Waals surface area contributed by atoms with Gasteiger partial charge in [-0.15, -0.1) is 0 Å². The first-order chi connectivity index (χ1) is 13.8. The second-order valence-corrected chi connectivity index (χ2v) is 7.73. The van der Waals surface area contributed by atoms with Crippen LogP contribution in [0, 0.1) is 31.1 Å². The zero-order valence-electron chi connectivity index (χ0n) is 16.5. The number of ether oxygens (including phenoxy) is 2. The Morgan fingerprint density at radius 2 is 2.10 bits per heavy atom. The molecule has 0 N–H and O–H groups in total. The molecule has 1 fully saturated rings. The summed E-state index contributed by atoms with van der Waals surface area (Å²) in [4.78, 5) is 27.0. The van der Waals surface area contributed by atoms with E-state index in [0.717, 1.165) is 16.8 Å². The number of amides is 1. The molecule has 3 rings (SSSR count). The van der Waals surface area contributed by atoms with Gasteiger partial charge in [0.15, 0.2) is 11.5 Å². The van der Waals surface area contributed by atoms with Gasteiger partial charge < -0.3 is 14.4 Å². The Hall–Kier alpha value is -2.85. The van der Waals surface area contributed by atoms with Crippen molar-refractivity contribution in [3.63, 3.8) is 0 Å². The quantitative estimate of drug-likeness (QED) is 0.494. The van der Waals surface area contributed by atoms with E-state index in [1.807, 2.05) is 38.1 Å². The molecule has 1 aliphatic rings. The lowest BCUT2D eigenvalue weighted by molar-refractivity contribution is -0.139. The molecule has 7 heteroatoms. The van der Waals surface area contributed by atoms with E-state index in [0.29, 0.717) is 22.4 Å². The number of carbonyl (C=O) groups is 2. The normalized spacial score (nSPS) is 15.9. The summed E-state index contributed by atoms with van der Waals surface area (Å²) in [6, 6.07) is 10.9. The number of esters is 1. The molecule has 0 aliphatic carbocycles.